The Balaban J connectivity index is 1.55. The van der Waals surface area contributed by atoms with Gasteiger partial charge in [0.1, 0.15) is 0 Å². The highest BCUT2D eigenvalue weighted by atomic mass is 16.7. The molecule has 35 heavy (non-hydrogen) atoms. The zero-order valence-corrected chi connectivity index (χ0v) is 24.1. The summed E-state index contributed by atoms with van der Waals surface area (Å²) in [5, 5.41) is 24.9. The van der Waals surface area contributed by atoms with Gasteiger partial charge in [-0.15, -0.1) is 0 Å². The van der Waals surface area contributed by atoms with E-state index in [2.05, 4.69) is 53.5 Å². The molecule has 1 aliphatic heterocycles. The lowest BCUT2D eigenvalue weighted by Gasteiger charge is -2.73. The second-order valence-corrected chi connectivity index (χ2v) is 15.7. The van der Waals surface area contributed by atoms with Crippen molar-refractivity contribution in [2.24, 2.45) is 50.7 Å². The molecular formula is C31H55NO3. The van der Waals surface area contributed by atoms with Crippen LogP contribution in [0, 0.1) is 50.7 Å². The fraction of sp³-hybridized carbons (Fsp3) is 1.00. The van der Waals surface area contributed by atoms with Crippen LogP contribution in [-0.4, -0.2) is 47.2 Å². The van der Waals surface area contributed by atoms with Crippen molar-refractivity contribution < 1.29 is 15.1 Å². The predicted molar refractivity (Wildman–Crippen MR) is 142 cm³/mol. The van der Waals surface area contributed by atoms with Crippen LogP contribution in [0.1, 0.15) is 113 Å². The highest BCUT2D eigenvalue weighted by molar-refractivity contribution is 5.19. The molecule has 0 radical (unpaired) electrons. The second-order valence-electron chi connectivity index (χ2n) is 15.7. The number of aliphatic hydroxyl groups is 2. The Morgan fingerprint density at radius 3 is 2.14 bits per heavy atom. The lowest BCUT2D eigenvalue weighted by molar-refractivity contribution is -0.271. The van der Waals surface area contributed by atoms with Crippen LogP contribution >= 0.6 is 0 Å². The highest BCUT2D eigenvalue weighted by Gasteiger charge is 2.70. The quantitative estimate of drug-likeness (QED) is 0.468. The molecule has 202 valence electrons. The van der Waals surface area contributed by atoms with E-state index in [-0.39, 0.29) is 45.8 Å². The van der Waals surface area contributed by atoms with Gasteiger partial charge in [-0.3, -0.25) is 0 Å². The number of fused-ring (bicyclic) bond motifs is 7. The minimum atomic E-state index is -0.313. The lowest BCUT2D eigenvalue weighted by Crippen LogP contribution is -2.68. The molecule has 0 unspecified atom stereocenters. The summed E-state index contributed by atoms with van der Waals surface area (Å²) in [6.45, 7) is 18.6. The van der Waals surface area contributed by atoms with Crippen molar-refractivity contribution in [2.45, 2.75) is 124 Å². The van der Waals surface area contributed by atoms with E-state index in [0.717, 1.165) is 25.8 Å². The fourth-order valence-corrected chi connectivity index (χ4v) is 11.7. The van der Waals surface area contributed by atoms with E-state index < -0.39 is 0 Å². The number of hydroxylamine groups is 2. The van der Waals surface area contributed by atoms with Gasteiger partial charge in [-0.1, -0.05) is 34.6 Å². The summed E-state index contributed by atoms with van der Waals surface area (Å²) in [4.78, 5) is 5.94. The largest absolute Gasteiger partial charge is 0.396 e. The van der Waals surface area contributed by atoms with Crippen LogP contribution in [0.15, 0.2) is 0 Å². The maximum atomic E-state index is 11.8. The van der Waals surface area contributed by atoms with Crippen molar-refractivity contribution in [3.8, 4) is 0 Å². The third-order valence-electron chi connectivity index (χ3n) is 14.0. The maximum Gasteiger partial charge on any atom is 0.0628 e. The summed E-state index contributed by atoms with van der Waals surface area (Å²) in [5.41, 5.74) is 0.723. The van der Waals surface area contributed by atoms with Gasteiger partial charge in [-0.2, -0.15) is 5.06 Å². The summed E-state index contributed by atoms with van der Waals surface area (Å²) in [6, 6.07) is 0. The van der Waals surface area contributed by atoms with Crippen molar-refractivity contribution in [2.75, 3.05) is 20.3 Å². The van der Waals surface area contributed by atoms with Gasteiger partial charge in [0.15, 0.2) is 0 Å². The van der Waals surface area contributed by atoms with Crippen molar-refractivity contribution in [1.82, 2.24) is 5.06 Å². The first kappa shape index (κ1) is 26.4. The molecule has 1 saturated heterocycles. The Bertz CT molecular complexity index is 826. The molecule has 2 N–H and O–H groups in total. The molecule has 0 aromatic rings. The summed E-state index contributed by atoms with van der Waals surface area (Å²) in [5.74, 6) is 2.08. The first-order chi connectivity index (χ1) is 16.2. The van der Waals surface area contributed by atoms with Crippen LogP contribution in [0.25, 0.3) is 0 Å². The molecule has 0 amide bonds. The van der Waals surface area contributed by atoms with Crippen LogP contribution in [0.4, 0.5) is 0 Å². The van der Waals surface area contributed by atoms with Gasteiger partial charge in [0.2, 0.25) is 0 Å². The molecule has 5 fully saturated rings. The van der Waals surface area contributed by atoms with E-state index in [1.165, 1.54) is 44.9 Å². The molecule has 9 atom stereocenters. The average molecular weight is 490 g/mol. The van der Waals surface area contributed by atoms with Crippen molar-refractivity contribution in [3.63, 3.8) is 0 Å². The van der Waals surface area contributed by atoms with Crippen molar-refractivity contribution >= 4 is 0 Å². The number of hydrogen-bond acceptors (Lipinski definition) is 4. The first-order valence-corrected chi connectivity index (χ1v) is 14.8. The van der Waals surface area contributed by atoms with Crippen LogP contribution in [0.5, 0.6) is 0 Å². The summed E-state index contributed by atoms with van der Waals surface area (Å²) >= 11 is 0. The smallest absolute Gasteiger partial charge is 0.0628 e. The van der Waals surface area contributed by atoms with E-state index in [1.807, 2.05) is 7.11 Å². The maximum absolute atomic E-state index is 11.8. The molecule has 0 spiro atoms. The zero-order chi connectivity index (χ0) is 25.7. The summed E-state index contributed by atoms with van der Waals surface area (Å²) in [7, 11) is 1.86. The molecule has 1 heterocycles. The third-order valence-corrected chi connectivity index (χ3v) is 14.0. The molecule has 0 aromatic carbocycles. The molecule has 4 saturated carbocycles. The van der Waals surface area contributed by atoms with E-state index in [4.69, 9.17) is 4.84 Å². The molecule has 0 aromatic heterocycles. The monoisotopic (exact) mass is 489 g/mol. The number of rotatable bonds is 2. The molecule has 5 aliphatic rings. The molecule has 4 aliphatic carbocycles. The minimum Gasteiger partial charge on any atom is -0.396 e. The number of aliphatic hydroxyl groups excluding tert-OH is 2. The average Bonchev–Trinajstić information content (AvgIpc) is 2.89. The predicted octanol–water partition coefficient (Wildman–Crippen LogP) is 6.45. The van der Waals surface area contributed by atoms with Crippen molar-refractivity contribution in [1.29, 1.82) is 0 Å². The standard InChI is InChI=1S/C31H55NO3/c1-26(2)15-17-31(20-33)18-16-29(6)21(24(31)25(26)34)10-11-23-28(5)13-9-19-32(35-8)27(3,4)22(28)12-14-30(23,29)7/h21-25,33-34H,9-20H2,1-8H3/t21-,22+,23-,24+,25-,28+,29-,30-,31-/m1/s1. The third kappa shape index (κ3) is 3.31. The topological polar surface area (TPSA) is 52.9 Å². The van der Waals surface area contributed by atoms with Crippen LogP contribution in [0.2, 0.25) is 0 Å². The fourth-order valence-electron chi connectivity index (χ4n) is 11.7. The SMILES string of the molecule is CON1CCC[C@]2(C)[C@H]3CC[C@@H]4[C@H]5[C@@H](O)C(C)(C)CC[C@]5(CO)CC[C@@]4(C)[C@]3(C)CC[C@H]2C1(C)C. The Labute approximate surface area is 215 Å². The molecular weight excluding hydrogens is 434 g/mol. The molecule has 4 nitrogen and oxygen atoms in total. The van der Waals surface area contributed by atoms with Crippen molar-refractivity contribution in [3.05, 3.63) is 0 Å². The Hall–Kier alpha value is -0.160. The van der Waals surface area contributed by atoms with Crippen LogP contribution in [0.3, 0.4) is 0 Å². The molecule has 0 bridgehead atoms. The van der Waals surface area contributed by atoms with E-state index >= 15 is 0 Å². The van der Waals surface area contributed by atoms with Gasteiger partial charge in [-0.05, 0) is 129 Å². The van der Waals surface area contributed by atoms with E-state index in [9.17, 15) is 10.2 Å². The number of hydrogen-bond donors (Lipinski definition) is 2. The van der Waals surface area contributed by atoms with Gasteiger partial charge >= 0.3 is 0 Å². The van der Waals surface area contributed by atoms with Gasteiger partial charge in [-0.25, -0.2) is 0 Å². The van der Waals surface area contributed by atoms with Gasteiger partial charge in [0.05, 0.1) is 13.2 Å². The van der Waals surface area contributed by atoms with Crippen LogP contribution in [-0.2, 0) is 4.84 Å². The normalized spacial score (nSPS) is 53.5. The highest BCUT2D eigenvalue weighted by Crippen LogP contribution is 2.76. The summed E-state index contributed by atoms with van der Waals surface area (Å²) in [6.07, 6.45) is 11.6. The van der Waals surface area contributed by atoms with E-state index in [0.29, 0.717) is 23.2 Å². The Morgan fingerprint density at radius 1 is 0.800 bits per heavy atom. The van der Waals surface area contributed by atoms with Gasteiger partial charge in [0, 0.05) is 18.7 Å². The first-order valence-electron chi connectivity index (χ1n) is 14.8. The Kier molecular flexibility index (Phi) is 6.17. The number of nitrogens with zero attached hydrogens (tertiary/aromatic N) is 1. The molecule has 4 heteroatoms. The minimum absolute atomic E-state index is 0.0429. The Morgan fingerprint density at radius 2 is 1.49 bits per heavy atom. The lowest BCUT2D eigenvalue weighted by atomic mass is 9.32. The zero-order valence-electron chi connectivity index (χ0n) is 24.1. The van der Waals surface area contributed by atoms with Crippen LogP contribution < -0.4 is 0 Å². The van der Waals surface area contributed by atoms with Gasteiger partial charge in [0.25, 0.3) is 0 Å². The second kappa shape index (κ2) is 8.17. The van der Waals surface area contributed by atoms with Gasteiger partial charge < -0.3 is 15.1 Å². The summed E-state index contributed by atoms with van der Waals surface area (Å²) < 4.78 is 0. The molecule has 5 rings (SSSR count). The van der Waals surface area contributed by atoms with E-state index in [1.54, 1.807) is 0 Å².